The molecule has 1 aromatic rings. The number of hydrogen-bond donors (Lipinski definition) is 2. The Balaban J connectivity index is 3.18. The minimum atomic E-state index is -4.78. The number of thiocarbonyl (C=S) groups is 1. The summed E-state index contributed by atoms with van der Waals surface area (Å²) in [5.41, 5.74) is 5.75. The molecule has 0 aliphatic rings. The van der Waals surface area contributed by atoms with Gasteiger partial charge in [-0.2, -0.15) is 18.3 Å². The van der Waals surface area contributed by atoms with E-state index in [-0.39, 0.29) is 11.8 Å². The van der Waals surface area contributed by atoms with E-state index in [0.29, 0.717) is 0 Å². The van der Waals surface area contributed by atoms with E-state index in [1.165, 1.54) is 24.3 Å². The lowest BCUT2D eigenvalue weighted by Crippen LogP contribution is -2.35. The highest BCUT2D eigenvalue weighted by atomic mass is 32.1. The van der Waals surface area contributed by atoms with Crippen molar-refractivity contribution in [3.8, 4) is 0 Å². The molecule has 102 valence electrons. The van der Waals surface area contributed by atoms with Gasteiger partial charge in [-0.25, -0.2) is 0 Å². The standard InChI is InChI=1S/C11H10F3N3OS/c12-11(13,14)9(16-17-10(15)19)8(6-18)7-4-2-1-3-5-7/h1-6,8H,(H3,15,17,19)/b16-9-. The Morgan fingerprint density at radius 3 is 2.37 bits per heavy atom. The predicted molar refractivity (Wildman–Crippen MR) is 68.7 cm³/mol. The van der Waals surface area contributed by atoms with Crippen LogP contribution in [-0.4, -0.2) is 23.3 Å². The SMILES string of the molecule is NC(=S)N/N=C(/C(C=O)c1ccccc1)C(F)(F)F. The zero-order valence-corrected chi connectivity index (χ0v) is 10.3. The van der Waals surface area contributed by atoms with Gasteiger partial charge >= 0.3 is 6.18 Å². The largest absolute Gasteiger partial charge is 0.432 e. The van der Waals surface area contributed by atoms with Gasteiger partial charge < -0.3 is 10.5 Å². The van der Waals surface area contributed by atoms with Crippen molar-refractivity contribution in [2.24, 2.45) is 10.8 Å². The number of halogens is 3. The molecule has 0 heterocycles. The van der Waals surface area contributed by atoms with E-state index >= 15 is 0 Å². The number of nitrogens with two attached hydrogens (primary N) is 1. The number of alkyl halides is 3. The Labute approximate surface area is 112 Å². The fraction of sp³-hybridized carbons (Fsp3) is 0.182. The number of hydrogen-bond acceptors (Lipinski definition) is 3. The molecule has 1 rings (SSSR count). The number of benzene rings is 1. The molecule has 0 amide bonds. The summed E-state index contributed by atoms with van der Waals surface area (Å²) >= 11 is 4.38. The highest BCUT2D eigenvalue weighted by Crippen LogP contribution is 2.27. The Hall–Kier alpha value is -1.96. The van der Waals surface area contributed by atoms with Crippen LogP contribution in [0.15, 0.2) is 35.4 Å². The van der Waals surface area contributed by atoms with E-state index in [9.17, 15) is 18.0 Å². The van der Waals surface area contributed by atoms with Crippen molar-refractivity contribution in [3.05, 3.63) is 35.9 Å². The van der Waals surface area contributed by atoms with Crippen LogP contribution in [-0.2, 0) is 4.79 Å². The molecule has 0 fully saturated rings. The zero-order chi connectivity index (χ0) is 14.5. The van der Waals surface area contributed by atoms with Gasteiger partial charge in [0, 0.05) is 0 Å². The molecule has 0 saturated carbocycles. The number of rotatable bonds is 4. The zero-order valence-electron chi connectivity index (χ0n) is 9.52. The van der Waals surface area contributed by atoms with Gasteiger partial charge in [-0.1, -0.05) is 30.3 Å². The van der Waals surface area contributed by atoms with Crippen LogP contribution in [0.1, 0.15) is 11.5 Å². The average Bonchev–Trinajstić information content (AvgIpc) is 2.33. The van der Waals surface area contributed by atoms with E-state index in [1.54, 1.807) is 6.07 Å². The van der Waals surface area contributed by atoms with E-state index in [2.05, 4.69) is 17.3 Å². The molecule has 1 atom stereocenters. The van der Waals surface area contributed by atoms with Crippen molar-refractivity contribution >= 4 is 29.3 Å². The van der Waals surface area contributed by atoms with Crippen LogP contribution in [0, 0.1) is 0 Å². The van der Waals surface area contributed by atoms with Gasteiger partial charge in [0.05, 0.1) is 5.92 Å². The molecular weight excluding hydrogens is 279 g/mol. The summed E-state index contributed by atoms with van der Waals surface area (Å²) in [4.78, 5) is 11.0. The number of nitrogens with one attached hydrogen (secondary N) is 1. The second-order valence-corrected chi connectivity index (χ2v) is 3.94. The maximum absolute atomic E-state index is 12.9. The van der Waals surface area contributed by atoms with Gasteiger partial charge in [0.25, 0.3) is 0 Å². The summed E-state index contributed by atoms with van der Waals surface area (Å²) in [6.07, 6.45) is -4.61. The lowest BCUT2D eigenvalue weighted by atomic mass is 9.95. The van der Waals surface area contributed by atoms with Crippen molar-refractivity contribution < 1.29 is 18.0 Å². The highest BCUT2D eigenvalue weighted by Gasteiger charge is 2.41. The molecule has 1 unspecified atom stereocenters. The van der Waals surface area contributed by atoms with Gasteiger partial charge in [0.15, 0.2) is 10.8 Å². The maximum Gasteiger partial charge on any atom is 0.432 e. The van der Waals surface area contributed by atoms with Crippen molar-refractivity contribution in [2.45, 2.75) is 12.1 Å². The van der Waals surface area contributed by atoms with E-state index < -0.39 is 22.9 Å². The van der Waals surface area contributed by atoms with Crippen LogP contribution >= 0.6 is 12.2 Å². The van der Waals surface area contributed by atoms with Crippen LogP contribution in [0.25, 0.3) is 0 Å². The fourth-order valence-corrected chi connectivity index (χ4v) is 1.43. The molecule has 3 N–H and O–H groups in total. The van der Waals surface area contributed by atoms with Crippen LogP contribution in [0.2, 0.25) is 0 Å². The summed E-state index contributed by atoms with van der Waals surface area (Å²) in [6, 6.07) is 7.49. The normalized spacial score (nSPS) is 13.7. The van der Waals surface area contributed by atoms with E-state index in [0.717, 1.165) is 0 Å². The molecule has 0 bridgehead atoms. The Kier molecular flexibility index (Phi) is 4.99. The van der Waals surface area contributed by atoms with Gasteiger partial charge in [-0.3, -0.25) is 5.43 Å². The quantitative estimate of drug-likeness (QED) is 0.383. The van der Waals surface area contributed by atoms with Crippen LogP contribution < -0.4 is 11.2 Å². The lowest BCUT2D eigenvalue weighted by molar-refractivity contribution is -0.109. The Bertz CT molecular complexity index is 488. The Morgan fingerprint density at radius 2 is 1.95 bits per heavy atom. The minimum absolute atomic E-state index is 0.170. The summed E-state index contributed by atoms with van der Waals surface area (Å²) in [6.45, 7) is 0. The lowest BCUT2D eigenvalue weighted by Gasteiger charge is -2.16. The average molecular weight is 289 g/mol. The van der Waals surface area contributed by atoms with Crippen molar-refractivity contribution in [2.75, 3.05) is 0 Å². The number of aldehydes is 1. The molecule has 4 nitrogen and oxygen atoms in total. The first-order valence-electron chi connectivity index (χ1n) is 5.06. The molecule has 0 aliphatic carbocycles. The van der Waals surface area contributed by atoms with E-state index in [1.807, 2.05) is 5.43 Å². The Morgan fingerprint density at radius 1 is 1.37 bits per heavy atom. The van der Waals surface area contributed by atoms with E-state index in [4.69, 9.17) is 5.73 Å². The fourth-order valence-electron chi connectivity index (χ4n) is 1.39. The first-order chi connectivity index (χ1) is 8.86. The molecule has 0 spiro atoms. The minimum Gasteiger partial charge on any atom is -0.375 e. The van der Waals surface area contributed by atoms with Crippen molar-refractivity contribution in [3.63, 3.8) is 0 Å². The molecule has 0 radical (unpaired) electrons. The van der Waals surface area contributed by atoms with Crippen molar-refractivity contribution in [1.82, 2.24) is 5.43 Å². The molecule has 0 saturated heterocycles. The highest BCUT2D eigenvalue weighted by molar-refractivity contribution is 7.80. The van der Waals surface area contributed by atoms with Crippen molar-refractivity contribution in [1.29, 1.82) is 0 Å². The molecule has 0 aromatic heterocycles. The third-order valence-corrected chi connectivity index (χ3v) is 2.26. The molecule has 19 heavy (non-hydrogen) atoms. The number of hydrazone groups is 1. The summed E-state index contributed by atoms with van der Waals surface area (Å²) in [5, 5.41) is 2.67. The maximum atomic E-state index is 12.9. The first kappa shape index (κ1) is 15.1. The molecule has 1 aromatic carbocycles. The predicted octanol–water partition coefficient (Wildman–Crippen LogP) is 1.72. The van der Waals surface area contributed by atoms with Crippen LogP contribution in [0.3, 0.4) is 0 Å². The molecular formula is C11H10F3N3OS. The second-order valence-electron chi connectivity index (χ2n) is 3.50. The van der Waals surface area contributed by atoms with Crippen LogP contribution in [0.5, 0.6) is 0 Å². The van der Waals surface area contributed by atoms with Gasteiger partial charge in [0.1, 0.15) is 6.29 Å². The summed E-state index contributed by atoms with van der Waals surface area (Å²) < 4.78 is 38.6. The number of carbonyl (C=O) groups is 1. The molecule has 8 heteroatoms. The van der Waals surface area contributed by atoms with Crippen LogP contribution in [0.4, 0.5) is 13.2 Å². The summed E-state index contributed by atoms with van der Waals surface area (Å²) in [7, 11) is 0. The van der Waals surface area contributed by atoms with Gasteiger partial charge in [0.2, 0.25) is 0 Å². The number of nitrogens with zero attached hydrogens (tertiary/aromatic N) is 1. The monoisotopic (exact) mass is 289 g/mol. The smallest absolute Gasteiger partial charge is 0.375 e. The van der Waals surface area contributed by atoms with Gasteiger partial charge in [-0.15, -0.1) is 0 Å². The topological polar surface area (TPSA) is 67.5 Å². The summed E-state index contributed by atoms with van der Waals surface area (Å²) in [5.74, 6) is -1.54. The molecule has 0 aliphatic heterocycles. The third-order valence-electron chi connectivity index (χ3n) is 2.17. The number of carbonyl (C=O) groups excluding carboxylic acids is 1. The second kappa shape index (κ2) is 6.28. The third kappa shape index (κ3) is 4.32. The van der Waals surface area contributed by atoms with Gasteiger partial charge in [-0.05, 0) is 17.8 Å². The first-order valence-corrected chi connectivity index (χ1v) is 5.47.